The summed E-state index contributed by atoms with van der Waals surface area (Å²) in [5, 5.41) is 12.1. The van der Waals surface area contributed by atoms with Crippen LogP contribution < -0.4 is 21.7 Å². The molecule has 0 fully saturated rings. The smallest absolute Gasteiger partial charge is 0.139 e. The molecule has 8 heteroatoms. The summed E-state index contributed by atoms with van der Waals surface area (Å²) in [5.41, 5.74) is 14.7. The summed E-state index contributed by atoms with van der Waals surface area (Å²) in [7, 11) is 1.84. The van der Waals surface area contributed by atoms with Crippen LogP contribution in [0.3, 0.4) is 0 Å². The second-order valence-electron chi connectivity index (χ2n) is 10.6. The fourth-order valence-electron chi connectivity index (χ4n) is 5.33. The molecular weight excluding hydrogens is 484 g/mol. The average Bonchev–Trinajstić information content (AvgIpc) is 2.94. The fourth-order valence-corrected chi connectivity index (χ4v) is 5.33. The van der Waals surface area contributed by atoms with Gasteiger partial charge in [-0.25, -0.2) is 19.9 Å². The van der Waals surface area contributed by atoms with Crippen LogP contribution in [0.1, 0.15) is 31.4 Å². The molecule has 0 spiro atoms. The predicted octanol–water partition coefficient (Wildman–Crippen LogP) is 6.52. The summed E-state index contributed by atoms with van der Waals surface area (Å²) in [6.07, 6.45) is 4.43. The fraction of sp³-hybridized carbons (Fsp3) is 0.226. The maximum Gasteiger partial charge on any atom is 0.139 e. The number of hydrogen-bond donors (Lipinski definition) is 4. The molecule has 8 nitrogen and oxygen atoms in total. The number of nitrogen functional groups attached to an aromatic ring is 1. The molecule has 0 bridgehead atoms. The maximum atomic E-state index is 6.55. The minimum atomic E-state index is 0.140. The molecule has 0 aliphatic carbocycles. The zero-order valence-corrected chi connectivity index (χ0v) is 22.6. The lowest BCUT2D eigenvalue weighted by atomic mass is 9.78. The highest BCUT2D eigenvalue weighted by Crippen LogP contribution is 2.40. The molecule has 0 radical (unpaired) electrons. The third kappa shape index (κ3) is 4.48. The van der Waals surface area contributed by atoms with Crippen LogP contribution in [-0.2, 0) is 5.41 Å². The van der Waals surface area contributed by atoms with Gasteiger partial charge in [-0.2, -0.15) is 0 Å². The third-order valence-electron chi connectivity index (χ3n) is 7.61. The Kier molecular flexibility index (Phi) is 6.02. The van der Waals surface area contributed by atoms with Crippen molar-refractivity contribution in [1.29, 1.82) is 0 Å². The highest BCUT2D eigenvalue weighted by Gasteiger charge is 2.27. The lowest BCUT2D eigenvalue weighted by Crippen LogP contribution is -2.28. The van der Waals surface area contributed by atoms with Crippen LogP contribution in [0, 0.1) is 6.92 Å². The Morgan fingerprint density at radius 3 is 2.67 bits per heavy atom. The number of hydrogen-bond acceptors (Lipinski definition) is 8. The van der Waals surface area contributed by atoms with Crippen molar-refractivity contribution in [2.24, 2.45) is 0 Å². The van der Waals surface area contributed by atoms with E-state index in [-0.39, 0.29) is 5.41 Å². The Morgan fingerprint density at radius 2 is 1.82 bits per heavy atom. The number of nitrogens with two attached hydrogens (primary N) is 1. The zero-order valence-electron chi connectivity index (χ0n) is 22.6. The van der Waals surface area contributed by atoms with Gasteiger partial charge in [-0.05, 0) is 54.2 Å². The predicted molar refractivity (Wildman–Crippen MR) is 161 cm³/mol. The molecule has 2 aromatic carbocycles. The topological polar surface area (TPSA) is 114 Å². The molecule has 196 valence electrons. The van der Waals surface area contributed by atoms with E-state index >= 15 is 0 Å². The van der Waals surface area contributed by atoms with Gasteiger partial charge in [0.15, 0.2) is 0 Å². The number of benzene rings is 2. The van der Waals surface area contributed by atoms with E-state index < -0.39 is 0 Å². The van der Waals surface area contributed by atoms with Crippen molar-refractivity contribution in [2.75, 3.05) is 35.3 Å². The van der Waals surface area contributed by atoms with Gasteiger partial charge in [0.05, 0.1) is 17.1 Å². The van der Waals surface area contributed by atoms with E-state index in [0.717, 1.165) is 69.0 Å². The maximum absolute atomic E-state index is 6.55. The third-order valence-corrected chi connectivity index (χ3v) is 7.61. The number of aromatic nitrogens is 4. The minimum absolute atomic E-state index is 0.140. The monoisotopic (exact) mass is 516 g/mol. The number of nitrogens with one attached hydrogen (secondary N) is 3. The molecule has 0 atom stereocenters. The molecule has 6 rings (SSSR count). The van der Waals surface area contributed by atoms with Crippen LogP contribution in [0.2, 0.25) is 0 Å². The number of pyridine rings is 2. The first-order chi connectivity index (χ1) is 18.8. The first-order valence-corrected chi connectivity index (χ1v) is 13.1. The molecule has 3 aromatic heterocycles. The van der Waals surface area contributed by atoms with Gasteiger partial charge >= 0.3 is 0 Å². The van der Waals surface area contributed by atoms with Crippen molar-refractivity contribution in [3.05, 3.63) is 78.2 Å². The van der Waals surface area contributed by atoms with Crippen LogP contribution in [0.15, 0.2) is 67.1 Å². The van der Waals surface area contributed by atoms with Crippen LogP contribution in [0.5, 0.6) is 0 Å². The van der Waals surface area contributed by atoms with E-state index in [1.165, 1.54) is 5.56 Å². The summed E-state index contributed by atoms with van der Waals surface area (Å²) in [6.45, 7) is 7.63. The van der Waals surface area contributed by atoms with Crippen molar-refractivity contribution < 1.29 is 0 Å². The summed E-state index contributed by atoms with van der Waals surface area (Å²) in [4.78, 5) is 18.2. The first kappa shape index (κ1) is 24.6. The highest BCUT2D eigenvalue weighted by molar-refractivity contribution is 6.04. The Hall–Kier alpha value is -4.72. The van der Waals surface area contributed by atoms with E-state index in [0.29, 0.717) is 11.6 Å². The molecule has 39 heavy (non-hydrogen) atoms. The number of fused-ring (bicyclic) bond motifs is 2. The minimum Gasteiger partial charge on any atom is -0.385 e. The van der Waals surface area contributed by atoms with Crippen LogP contribution in [-0.4, -0.2) is 33.5 Å². The summed E-state index contributed by atoms with van der Waals surface area (Å²) in [6, 6.07) is 18.6. The lowest BCUT2D eigenvalue weighted by molar-refractivity contribution is 0.482. The van der Waals surface area contributed by atoms with Crippen LogP contribution in [0.4, 0.5) is 28.8 Å². The molecule has 5 aromatic rings. The largest absolute Gasteiger partial charge is 0.385 e. The van der Waals surface area contributed by atoms with Crippen molar-refractivity contribution in [3.63, 3.8) is 0 Å². The van der Waals surface area contributed by atoms with Crippen molar-refractivity contribution in [1.82, 2.24) is 19.9 Å². The van der Waals surface area contributed by atoms with Crippen molar-refractivity contribution in [2.45, 2.75) is 32.6 Å². The Bertz CT molecular complexity index is 1710. The number of nitrogens with zero attached hydrogens (tertiary/aromatic N) is 4. The number of rotatable bonds is 5. The summed E-state index contributed by atoms with van der Waals surface area (Å²) >= 11 is 0. The molecular formula is C31H32N8. The highest BCUT2D eigenvalue weighted by atomic mass is 15.0. The average molecular weight is 517 g/mol. The molecule has 4 heterocycles. The van der Waals surface area contributed by atoms with Gasteiger partial charge in [0.25, 0.3) is 0 Å². The van der Waals surface area contributed by atoms with Crippen LogP contribution in [0.25, 0.3) is 33.3 Å². The van der Waals surface area contributed by atoms with Gasteiger partial charge in [-0.1, -0.05) is 38.1 Å². The second-order valence-corrected chi connectivity index (χ2v) is 10.6. The standard InChI is InChI=1S/C31H32N8/c1-18-7-9-20-22(28(18)39-30-21(6-5-12-35-30)25-16-27(33-4)37-17-36-25)15-24(38-29(20)32)19-8-10-23-26(14-19)34-13-11-31(23,2)3/h5-10,12,14-17,34H,11,13H2,1-4H3,(H2,32,38)(H,35,39)(H,33,36,37). The number of aryl methyl sites for hydroxylation is 1. The number of anilines is 5. The normalized spacial score (nSPS) is 13.9. The zero-order chi connectivity index (χ0) is 27.1. The van der Waals surface area contributed by atoms with E-state index in [4.69, 9.17) is 10.7 Å². The summed E-state index contributed by atoms with van der Waals surface area (Å²) in [5.74, 6) is 1.93. The first-order valence-electron chi connectivity index (χ1n) is 13.1. The Morgan fingerprint density at radius 1 is 0.949 bits per heavy atom. The molecule has 5 N–H and O–H groups in total. The van der Waals surface area contributed by atoms with Gasteiger partial charge in [-0.3, -0.25) is 0 Å². The van der Waals surface area contributed by atoms with Gasteiger partial charge < -0.3 is 21.7 Å². The van der Waals surface area contributed by atoms with E-state index in [1.54, 1.807) is 12.5 Å². The van der Waals surface area contributed by atoms with Gasteiger partial charge in [-0.15, -0.1) is 0 Å². The summed E-state index contributed by atoms with van der Waals surface area (Å²) < 4.78 is 0. The van der Waals surface area contributed by atoms with E-state index in [2.05, 4.69) is 82.0 Å². The van der Waals surface area contributed by atoms with Gasteiger partial charge in [0.1, 0.15) is 23.8 Å². The van der Waals surface area contributed by atoms with Crippen LogP contribution >= 0.6 is 0 Å². The molecule has 0 unspecified atom stereocenters. The van der Waals surface area contributed by atoms with Gasteiger partial charge in [0, 0.05) is 53.4 Å². The van der Waals surface area contributed by atoms with E-state index in [1.807, 2.05) is 31.3 Å². The molecule has 0 saturated heterocycles. The van der Waals surface area contributed by atoms with Crippen molar-refractivity contribution in [3.8, 4) is 22.5 Å². The molecule has 1 aliphatic heterocycles. The SMILES string of the molecule is CNc1cc(-c2cccnc2Nc2c(C)ccc3c(N)nc(-c4ccc5c(c4)NCCC5(C)C)cc23)ncn1. The lowest BCUT2D eigenvalue weighted by Gasteiger charge is -2.33. The Labute approximate surface area is 228 Å². The Balaban J connectivity index is 1.46. The molecule has 0 saturated carbocycles. The van der Waals surface area contributed by atoms with E-state index in [9.17, 15) is 0 Å². The molecule has 0 amide bonds. The van der Waals surface area contributed by atoms with Gasteiger partial charge in [0.2, 0.25) is 0 Å². The molecule has 1 aliphatic rings. The van der Waals surface area contributed by atoms with Crippen molar-refractivity contribution >= 4 is 39.6 Å². The second kappa shape index (κ2) is 9.54. The quantitative estimate of drug-likeness (QED) is 0.209.